The molecule has 1 aliphatic rings. The van der Waals surface area contributed by atoms with E-state index in [1.165, 1.54) is 19.2 Å². The summed E-state index contributed by atoms with van der Waals surface area (Å²) in [6.07, 6.45) is 1.33. The fourth-order valence-corrected chi connectivity index (χ4v) is 2.14. The van der Waals surface area contributed by atoms with Crippen molar-refractivity contribution in [3.63, 3.8) is 0 Å². The number of hydrogen-bond donors (Lipinski definition) is 0. The standard InChI is InChI=1S/C13H15N3O5/c1-3-21-13(18)10-4-5-14-12(11(10)16(19)20)15-6-9(7-15)8(2)17/h4-5,9H,3,6-7H2,1-2H3. The average molecular weight is 293 g/mol. The molecule has 1 aromatic heterocycles. The van der Waals surface area contributed by atoms with Gasteiger partial charge in [-0.3, -0.25) is 14.9 Å². The predicted molar refractivity (Wildman–Crippen MR) is 73.2 cm³/mol. The molecule has 0 unspecified atom stereocenters. The van der Waals surface area contributed by atoms with Crippen molar-refractivity contribution in [2.24, 2.45) is 5.92 Å². The normalized spacial score (nSPS) is 14.5. The van der Waals surface area contributed by atoms with Gasteiger partial charge in [-0.15, -0.1) is 0 Å². The summed E-state index contributed by atoms with van der Waals surface area (Å²) < 4.78 is 4.82. The molecular weight excluding hydrogens is 278 g/mol. The number of carbonyl (C=O) groups is 2. The van der Waals surface area contributed by atoms with Crippen LogP contribution in [0.3, 0.4) is 0 Å². The van der Waals surface area contributed by atoms with Crippen LogP contribution in [0.1, 0.15) is 24.2 Å². The minimum absolute atomic E-state index is 0.0375. The third kappa shape index (κ3) is 2.83. The van der Waals surface area contributed by atoms with Gasteiger partial charge in [0.15, 0.2) is 0 Å². The first-order valence-electron chi connectivity index (χ1n) is 6.51. The molecule has 1 saturated heterocycles. The zero-order valence-electron chi connectivity index (χ0n) is 11.7. The largest absolute Gasteiger partial charge is 0.462 e. The van der Waals surface area contributed by atoms with Crippen molar-refractivity contribution in [3.05, 3.63) is 27.9 Å². The van der Waals surface area contributed by atoms with Gasteiger partial charge in [0.25, 0.3) is 0 Å². The number of nitro groups is 1. The monoisotopic (exact) mass is 293 g/mol. The molecule has 8 heteroatoms. The summed E-state index contributed by atoms with van der Waals surface area (Å²) >= 11 is 0. The first-order valence-corrected chi connectivity index (χ1v) is 6.51. The molecule has 0 spiro atoms. The summed E-state index contributed by atoms with van der Waals surface area (Å²) in [5, 5.41) is 11.3. The Bertz CT molecular complexity index is 595. The number of carbonyl (C=O) groups excluding carboxylic acids is 2. The summed E-state index contributed by atoms with van der Waals surface area (Å²) in [6.45, 7) is 3.98. The highest BCUT2D eigenvalue weighted by Crippen LogP contribution is 2.34. The maximum absolute atomic E-state index is 11.8. The van der Waals surface area contributed by atoms with Gasteiger partial charge < -0.3 is 9.64 Å². The molecule has 0 radical (unpaired) electrons. The number of nitrogens with zero attached hydrogens (tertiary/aromatic N) is 3. The Morgan fingerprint density at radius 3 is 2.71 bits per heavy atom. The molecule has 1 aliphatic heterocycles. The van der Waals surface area contributed by atoms with Crippen molar-refractivity contribution in [3.8, 4) is 0 Å². The van der Waals surface area contributed by atoms with E-state index in [9.17, 15) is 19.7 Å². The van der Waals surface area contributed by atoms with E-state index in [1.54, 1.807) is 11.8 Å². The summed E-state index contributed by atoms with van der Waals surface area (Å²) in [5.74, 6) is -0.757. The second-order valence-electron chi connectivity index (χ2n) is 4.72. The van der Waals surface area contributed by atoms with Crippen LogP contribution in [-0.4, -0.2) is 41.4 Å². The molecule has 0 atom stereocenters. The molecule has 2 rings (SSSR count). The van der Waals surface area contributed by atoms with Crippen LogP contribution >= 0.6 is 0 Å². The van der Waals surface area contributed by atoms with E-state index < -0.39 is 10.9 Å². The number of ketones is 1. The van der Waals surface area contributed by atoms with Crippen molar-refractivity contribution in [1.82, 2.24) is 4.98 Å². The van der Waals surface area contributed by atoms with Gasteiger partial charge in [-0.25, -0.2) is 9.78 Å². The second kappa shape index (κ2) is 5.86. The summed E-state index contributed by atoms with van der Waals surface area (Å²) in [7, 11) is 0. The number of anilines is 1. The van der Waals surface area contributed by atoms with E-state index in [-0.39, 0.29) is 35.4 Å². The van der Waals surface area contributed by atoms with Crippen molar-refractivity contribution in [2.75, 3.05) is 24.6 Å². The molecule has 1 fully saturated rings. The number of esters is 1. The molecular formula is C13H15N3O5. The highest BCUT2D eigenvalue weighted by Gasteiger charge is 2.37. The number of hydrogen-bond acceptors (Lipinski definition) is 7. The maximum atomic E-state index is 11.8. The summed E-state index contributed by atoms with van der Waals surface area (Å²) in [6, 6.07) is 1.27. The van der Waals surface area contributed by atoms with Crippen LogP contribution in [0.5, 0.6) is 0 Å². The highest BCUT2D eigenvalue weighted by molar-refractivity contribution is 5.96. The van der Waals surface area contributed by atoms with Gasteiger partial charge in [0.1, 0.15) is 11.3 Å². The SMILES string of the molecule is CCOC(=O)c1ccnc(N2CC(C(C)=O)C2)c1[N+](=O)[O-]. The Morgan fingerprint density at radius 2 is 2.19 bits per heavy atom. The topological polar surface area (TPSA) is 103 Å². The van der Waals surface area contributed by atoms with E-state index in [0.29, 0.717) is 13.1 Å². The lowest BCUT2D eigenvalue weighted by atomic mass is 9.96. The molecule has 0 aliphatic carbocycles. The van der Waals surface area contributed by atoms with E-state index in [1.807, 2.05) is 0 Å². The number of ether oxygens (including phenoxy) is 1. The molecule has 2 heterocycles. The van der Waals surface area contributed by atoms with E-state index in [2.05, 4.69) is 4.98 Å². The molecule has 0 aromatic carbocycles. The summed E-state index contributed by atoms with van der Waals surface area (Å²) in [5.41, 5.74) is -0.504. The van der Waals surface area contributed by atoms with Gasteiger partial charge in [0.05, 0.1) is 17.4 Å². The molecule has 8 nitrogen and oxygen atoms in total. The third-order valence-corrected chi connectivity index (χ3v) is 3.34. The quantitative estimate of drug-likeness (QED) is 0.456. The first-order chi connectivity index (χ1) is 9.95. The van der Waals surface area contributed by atoms with Crippen molar-refractivity contribution in [2.45, 2.75) is 13.8 Å². The number of pyridine rings is 1. The van der Waals surface area contributed by atoms with Crippen LogP contribution < -0.4 is 4.90 Å². The molecule has 0 N–H and O–H groups in total. The van der Waals surface area contributed by atoms with Crippen LogP contribution in [0, 0.1) is 16.0 Å². The smallest absolute Gasteiger partial charge is 0.345 e. The Morgan fingerprint density at radius 1 is 1.52 bits per heavy atom. The number of Topliss-reactive ketones (excluding diaryl/α,β-unsaturated/α-hetero) is 1. The van der Waals surface area contributed by atoms with E-state index in [0.717, 1.165) is 0 Å². The Balaban J connectivity index is 2.34. The zero-order chi connectivity index (χ0) is 15.6. The fourth-order valence-electron chi connectivity index (χ4n) is 2.14. The Labute approximate surface area is 120 Å². The van der Waals surface area contributed by atoms with Gasteiger partial charge >= 0.3 is 11.7 Å². The molecule has 1 aromatic rings. The summed E-state index contributed by atoms with van der Waals surface area (Å²) in [4.78, 5) is 39.3. The van der Waals surface area contributed by atoms with Crippen LogP contribution in [-0.2, 0) is 9.53 Å². The predicted octanol–water partition coefficient (Wildman–Crippen LogP) is 1.19. The van der Waals surface area contributed by atoms with Crippen LogP contribution in [0.15, 0.2) is 12.3 Å². The number of aromatic nitrogens is 1. The Hall–Kier alpha value is -2.51. The minimum atomic E-state index is -0.753. The third-order valence-electron chi connectivity index (χ3n) is 3.34. The lowest BCUT2D eigenvalue weighted by Crippen LogP contribution is -2.50. The van der Waals surface area contributed by atoms with Crippen molar-refractivity contribution >= 4 is 23.3 Å². The highest BCUT2D eigenvalue weighted by atomic mass is 16.6. The van der Waals surface area contributed by atoms with Crippen molar-refractivity contribution in [1.29, 1.82) is 0 Å². The lowest BCUT2D eigenvalue weighted by Gasteiger charge is -2.38. The first kappa shape index (κ1) is 14.9. The van der Waals surface area contributed by atoms with Gasteiger partial charge in [-0.05, 0) is 19.9 Å². The molecule has 0 amide bonds. The van der Waals surface area contributed by atoms with E-state index >= 15 is 0 Å². The van der Waals surface area contributed by atoms with Gasteiger partial charge in [0, 0.05) is 19.3 Å². The molecule has 0 saturated carbocycles. The van der Waals surface area contributed by atoms with Crippen LogP contribution in [0.25, 0.3) is 0 Å². The van der Waals surface area contributed by atoms with Crippen LogP contribution in [0.4, 0.5) is 11.5 Å². The second-order valence-corrected chi connectivity index (χ2v) is 4.72. The number of rotatable bonds is 5. The maximum Gasteiger partial charge on any atom is 0.345 e. The average Bonchev–Trinajstić information content (AvgIpc) is 2.36. The van der Waals surface area contributed by atoms with Gasteiger partial charge in [-0.1, -0.05) is 0 Å². The van der Waals surface area contributed by atoms with Gasteiger partial charge in [-0.2, -0.15) is 0 Å². The van der Waals surface area contributed by atoms with Gasteiger partial charge in [0.2, 0.25) is 5.82 Å². The molecule has 21 heavy (non-hydrogen) atoms. The van der Waals surface area contributed by atoms with E-state index in [4.69, 9.17) is 4.74 Å². The fraction of sp³-hybridized carbons (Fsp3) is 0.462. The van der Waals surface area contributed by atoms with Crippen molar-refractivity contribution < 1.29 is 19.2 Å². The molecule has 112 valence electrons. The zero-order valence-corrected chi connectivity index (χ0v) is 11.7. The minimum Gasteiger partial charge on any atom is -0.462 e. The van der Waals surface area contributed by atoms with Crippen LogP contribution in [0.2, 0.25) is 0 Å². The molecule has 0 bridgehead atoms. The Kier molecular flexibility index (Phi) is 4.15. The lowest BCUT2D eigenvalue weighted by molar-refractivity contribution is -0.384.